The molecule has 0 aliphatic heterocycles. The van der Waals surface area contributed by atoms with Gasteiger partial charge < -0.3 is 5.32 Å². The van der Waals surface area contributed by atoms with Crippen molar-refractivity contribution in [3.63, 3.8) is 0 Å². The Hall–Kier alpha value is -0.900. The lowest BCUT2D eigenvalue weighted by Gasteiger charge is -2.28. The van der Waals surface area contributed by atoms with E-state index in [2.05, 4.69) is 15.3 Å². The SMILES string of the molecule is Cc1ncnc(NC2CCCCC2Cl)c1F. The van der Waals surface area contributed by atoms with Crippen LogP contribution in [0.15, 0.2) is 6.33 Å². The van der Waals surface area contributed by atoms with Crippen LogP contribution in [0.5, 0.6) is 0 Å². The van der Waals surface area contributed by atoms with Gasteiger partial charge in [-0.15, -0.1) is 11.6 Å². The first-order chi connectivity index (χ1) is 7.68. The normalized spacial score (nSPS) is 25.4. The molecule has 3 nitrogen and oxygen atoms in total. The van der Waals surface area contributed by atoms with Gasteiger partial charge in [0.05, 0.1) is 11.1 Å². The van der Waals surface area contributed by atoms with Gasteiger partial charge in [0.25, 0.3) is 0 Å². The number of nitrogens with zero attached hydrogens (tertiary/aromatic N) is 2. The van der Waals surface area contributed by atoms with Gasteiger partial charge in [-0.2, -0.15) is 0 Å². The van der Waals surface area contributed by atoms with Crippen LogP contribution >= 0.6 is 11.6 Å². The zero-order valence-corrected chi connectivity index (χ0v) is 9.97. The summed E-state index contributed by atoms with van der Waals surface area (Å²) in [5, 5.41) is 3.14. The quantitative estimate of drug-likeness (QED) is 0.812. The third kappa shape index (κ3) is 2.43. The lowest BCUT2D eigenvalue weighted by Crippen LogP contribution is -2.33. The first kappa shape index (κ1) is 11.6. The predicted octanol–water partition coefficient (Wildman–Crippen LogP) is 2.89. The van der Waals surface area contributed by atoms with Crippen molar-refractivity contribution in [1.29, 1.82) is 0 Å². The van der Waals surface area contributed by atoms with Crippen LogP contribution in [0.3, 0.4) is 0 Å². The molecule has 1 N–H and O–H groups in total. The van der Waals surface area contributed by atoms with Crippen LogP contribution in [0, 0.1) is 12.7 Å². The van der Waals surface area contributed by atoms with Gasteiger partial charge in [0.15, 0.2) is 11.6 Å². The highest BCUT2D eigenvalue weighted by molar-refractivity contribution is 6.21. The Balaban J connectivity index is 2.10. The van der Waals surface area contributed by atoms with E-state index in [1.807, 2.05) is 0 Å². The summed E-state index contributed by atoms with van der Waals surface area (Å²) < 4.78 is 13.7. The minimum Gasteiger partial charge on any atom is -0.363 e. The Morgan fingerprint density at radius 1 is 1.38 bits per heavy atom. The van der Waals surface area contributed by atoms with E-state index >= 15 is 0 Å². The van der Waals surface area contributed by atoms with Crippen LogP contribution in [0.25, 0.3) is 0 Å². The largest absolute Gasteiger partial charge is 0.363 e. The topological polar surface area (TPSA) is 37.8 Å². The van der Waals surface area contributed by atoms with Gasteiger partial charge in [-0.3, -0.25) is 0 Å². The summed E-state index contributed by atoms with van der Waals surface area (Å²) in [5.74, 6) is -0.109. The van der Waals surface area contributed by atoms with Crippen molar-refractivity contribution < 1.29 is 4.39 Å². The van der Waals surface area contributed by atoms with Crippen molar-refractivity contribution in [3.05, 3.63) is 17.8 Å². The summed E-state index contributed by atoms with van der Waals surface area (Å²) in [6.07, 6.45) is 5.60. The molecule has 2 atom stereocenters. The number of rotatable bonds is 2. The van der Waals surface area contributed by atoms with E-state index in [1.54, 1.807) is 6.92 Å². The van der Waals surface area contributed by atoms with Gasteiger partial charge in [0.1, 0.15) is 6.33 Å². The van der Waals surface area contributed by atoms with Crippen LogP contribution in [0.2, 0.25) is 0 Å². The summed E-state index contributed by atoms with van der Waals surface area (Å²) in [4.78, 5) is 7.70. The number of nitrogens with one attached hydrogen (secondary N) is 1. The fraction of sp³-hybridized carbons (Fsp3) is 0.636. The maximum Gasteiger partial charge on any atom is 0.186 e. The molecule has 0 saturated heterocycles. The molecule has 5 heteroatoms. The van der Waals surface area contributed by atoms with E-state index in [4.69, 9.17) is 11.6 Å². The number of anilines is 1. The lowest BCUT2D eigenvalue weighted by molar-refractivity contribution is 0.465. The summed E-state index contributed by atoms with van der Waals surface area (Å²) in [6.45, 7) is 1.63. The van der Waals surface area contributed by atoms with Crippen molar-refractivity contribution in [1.82, 2.24) is 9.97 Å². The summed E-state index contributed by atoms with van der Waals surface area (Å²) >= 11 is 6.20. The molecule has 2 rings (SSSR count). The second-order valence-electron chi connectivity index (χ2n) is 4.17. The molecule has 1 heterocycles. The second kappa shape index (κ2) is 4.95. The Labute approximate surface area is 99.4 Å². The lowest BCUT2D eigenvalue weighted by atomic mass is 9.95. The zero-order chi connectivity index (χ0) is 11.5. The van der Waals surface area contributed by atoms with Crippen molar-refractivity contribution in [2.75, 3.05) is 5.32 Å². The molecule has 0 spiro atoms. The fourth-order valence-corrected chi connectivity index (χ4v) is 2.33. The molecule has 1 aromatic rings. The molecular weight excluding hydrogens is 229 g/mol. The van der Waals surface area contributed by atoms with Gasteiger partial charge in [-0.05, 0) is 19.8 Å². The van der Waals surface area contributed by atoms with Crippen LogP contribution < -0.4 is 5.32 Å². The highest BCUT2D eigenvalue weighted by Crippen LogP contribution is 2.26. The fourth-order valence-electron chi connectivity index (χ4n) is 1.98. The van der Waals surface area contributed by atoms with Crippen molar-refractivity contribution in [2.45, 2.75) is 44.0 Å². The molecule has 2 unspecified atom stereocenters. The molecular formula is C11H15ClFN3. The average Bonchev–Trinajstić information content (AvgIpc) is 2.28. The van der Waals surface area contributed by atoms with E-state index in [0.29, 0.717) is 5.69 Å². The number of halogens is 2. The van der Waals surface area contributed by atoms with E-state index in [9.17, 15) is 4.39 Å². The van der Waals surface area contributed by atoms with Crippen LogP contribution in [-0.2, 0) is 0 Å². The Kier molecular flexibility index (Phi) is 3.59. The van der Waals surface area contributed by atoms with Crippen molar-refractivity contribution in [2.24, 2.45) is 0 Å². The van der Waals surface area contributed by atoms with Gasteiger partial charge in [-0.25, -0.2) is 14.4 Å². The van der Waals surface area contributed by atoms with Gasteiger partial charge in [0, 0.05) is 6.04 Å². The van der Waals surface area contributed by atoms with E-state index in [-0.39, 0.29) is 23.1 Å². The first-order valence-corrected chi connectivity index (χ1v) is 6.00. The summed E-state index contributed by atoms with van der Waals surface area (Å²) in [6, 6.07) is 0.110. The minimum atomic E-state index is -0.378. The molecule has 88 valence electrons. The molecule has 0 radical (unpaired) electrons. The number of alkyl halides is 1. The smallest absolute Gasteiger partial charge is 0.186 e. The van der Waals surface area contributed by atoms with E-state index in [0.717, 1.165) is 25.7 Å². The molecule has 1 aromatic heterocycles. The number of hydrogen-bond donors (Lipinski definition) is 1. The molecule has 1 aliphatic rings. The molecule has 16 heavy (non-hydrogen) atoms. The van der Waals surface area contributed by atoms with Crippen LogP contribution in [-0.4, -0.2) is 21.4 Å². The second-order valence-corrected chi connectivity index (χ2v) is 4.73. The van der Waals surface area contributed by atoms with Crippen molar-refractivity contribution >= 4 is 17.4 Å². The van der Waals surface area contributed by atoms with Gasteiger partial charge in [-0.1, -0.05) is 12.8 Å². The molecule has 1 fully saturated rings. The Morgan fingerprint density at radius 3 is 2.88 bits per heavy atom. The summed E-state index contributed by atoms with van der Waals surface area (Å²) in [7, 11) is 0. The van der Waals surface area contributed by atoms with E-state index < -0.39 is 0 Å². The minimum absolute atomic E-state index is 0.0587. The maximum absolute atomic E-state index is 13.7. The molecule has 0 bridgehead atoms. The zero-order valence-electron chi connectivity index (χ0n) is 9.21. The van der Waals surface area contributed by atoms with Crippen molar-refractivity contribution in [3.8, 4) is 0 Å². The Morgan fingerprint density at radius 2 is 2.12 bits per heavy atom. The highest BCUT2D eigenvalue weighted by Gasteiger charge is 2.24. The maximum atomic E-state index is 13.7. The molecule has 0 aromatic carbocycles. The monoisotopic (exact) mass is 243 g/mol. The average molecular weight is 244 g/mol. The third-order valence-corrected chi connectivity index (χ3v) is 3.49. The van der Waals surface area contributed by atoms with E-state index in [1.165, 1.54) is 6.33 Å². The molecule has 1 aliphatic carbocycles. The highest BCUT2D eigenvalue weighted by atomic mass is 35.5. The molecule has 0 amide bonds. The third-order valence-electron chi connectivity index (χ3n) is 2.97. The van der Waals surface area contributed by atoms with Gasteiger partial charge >= 0.3 is 0 Å². The van der Waals surface area contributed by atoms with Crippen LogP contribution in [0.1, 0.15) is 31.4 Å². The van der Waals surface area contributed by atoms with Crippen LogP contribution in [0.4, 0.5) is 10.2 Å². The number of hydrogen-bond acceptors (Lipinski definition) is 3. The predicted molar refractivity (Wildman–Crippen MR) is 62.2 cm³/mol. The number of aryl methyl sites for hydroxylation is 1. The Bertz CT molecular complexity index is 372. The molecule has 1 saturated carbocycles. The first-order valence-electron chi connectivity index (χ1n) is 5.56. The number of aromatic nitrogens is 2. The summed E-state index contributed by atoms with van der Waals surface area (Å²) in [5.41, 5.74) is 0.361. The standard InChI is InChI=1S/C11H15ClFN3/c1-7-10(13)11(15-6-14-7)16-9-5-3-2-4-8(9)12/h6,8-9H,2-5H2,1H3,(H,14,15,16). The van der Waals surface area contributed by atoms with Gasteiger partial charge in [0.2, 0.25) is 0 Å².